The number of allylic oxidation sites excluding steroid dienone is 2. The van der Waals surface area contributed by atoms with Crippen molar-refractivity contribution in [3.05, 3.63) is 203 Å². The second kappa shape index (κ2) is 14.6. The van der Waals surface area contributed by atoms with E-state index in [9.17, 15) is 0 Å². The molecule has 280 valence electrons. The maximum Gasteiger partial charge on any atom is 0.118 e. The van der Waals surface area contributed by atoms with E-state index in [1.54, 1.807) is 35.5 Å². The van der Waals surface area contributed by atoms with Gasteiger partial charge in [0.1, 0.15) is 28.7 Å². The van der Waals surface area contributed by atoms with Crippen molar-refractivity contribution in [2.75, 3.05) is 35.5 Å². The summed E-state index contributed by atoms with van der Waals surface area (Å²) < 4.78 is 28.0. The number of hydrogen-bond acceptors (Lipinski definition) is 5. The summed E-state index contributed by atoms with van der Waals surface area (Å²) >= 11 is 0. The molecule has 1 spiro atoms. The van der Waals surface area contributed by atoms with Gasteiger partial charge < -0.3 is 23.7 Å². The first-order chi connectivity index (χ1) is 28.0. The lowest BCUT2D eigenvalue weighted by atomic mass is 9.70. The van der Waals surface area contributed by atoms with Crippen LogP contribution in [0.25, 0.3) is 39.0 Å². The minimum Gasteiger partial charge on any atom is -0.497 e. The topological polar surface area (TPSA) is 46.2 Å². The van der Waals surface area contributed by atoms with Crippen LogP contribution in [0, 0.1) is 0 Å². The van der Waals surface area contributed by atoms with Crippen molar-refractivity contribution in [3.63, 3.8) is 0 Å². The first-order valence-corrected chi connectivity index (χ1v) is 19.0. The predicted octanol–water partition coefficient (Wildman–Crippen LogP) is 11.8. The molecule has 0 amide bonds. The Hall–Kier alpha value is -6.98. The third-order valence-corrected chi connectivity index (χ3v) is 11.5. The summed E-state index contributed by atoms with van der Waals surface area (Å²) in [6.07, 6.45) is 2.50. The molecule has 5 nitrogen and oxygen atoms in total. The molecule has 0 fully saturated rings. The van der Waals surface area contributed by atoms with E-state index in [0.29, 0.717) is 0 Å². The quantitative estimate of drug-likeness (QED) is 0.139. The molecule has 0 heterocycles. The lowest BCUT2D eigenvalue weighted by Crippen LogP contribution is -2.23. The fourth-order valence-corrected chi connectivity index (χ4v) is 8.58. The Balaban J connectivity index is 1.40. The fourth-order valence-electron chi connectivity index (χ4n) is 8.58. The van der Waals surface area contributed by atoms with Gasteiger partial charge in [-0.15, -0.1) is 0 Å². The highest BCUT2D eigenvalue weighted by Gasteiger charge is 2.50. The minimum atomic E-state index is -0.700. The molecule has 0 aliphatic heterocycles. The van der Waals surface area contributed by atoms with E-state index < -0.39 is 5.41 Å². The summed E-state index contributed by atoms with van der Waals surface area (Å²) in [5, 5.41) is 0. The molecular weight excluding hydrogens is 705 g/mol. The lowest BCUT2D eigenvalue weighted by molar-refractivity contribution is 0.414. The lowest BCUT2D eigenvalue weighted by Gasteiger charge is -2.31. The SMILES string of the molecule is COc1ccc(C2=CC3(C(c4ccc(OC)cc4)=C(c4ccc(OC)cc4)c4ccc(-c5ccc(OC)cc5)cc43)c3cc(-c4ccc(OC)cc4)ccc32)cc1. The molecule has 0 aromatic heterocycles. The molecule has 1 atom stereocenters. The van der Waals surface area contributed by atoms with E-state index in [4.69, 9.17) is 23.7 Å². The minimum absolute atomic E-state index is 0.700. The summed E-state index contributed by atoms with van der Waals surface area (Å²) in [4.78, 5) is 0. The van der Waals surface area contributed by atoms with Crippen molar-refractivity contribution in [3.8, 4) is 51.0 Å². The van der Waals surface area contributed by atoms with Gasteiger partial charge in [0.2, 0.25) is 0 Å². The van der Waals surface area contributed by atoms with Gasteiger partial charge in [-0.25, -0.2) is 0 Å². The normalized spacial score (nSPS) is 15.2. The molecule has 0 saturated heterocycles. The summed E-state index contributed by atoms with van der Waals surface area (Å²) in [6.45, 7) is 0. The van der Waals surface area contributed by atoms with E-state index >= 15 is 0 Å². The Morgan fingerprint density at radius 2 is 0.649 bits per heavy atom. The Morgan fingerprint density at radius 1 is 0.316 bits per heavy atom. The molecular formula is C52H42O5. The fraction of sp³-hybridized carbons (Fsp3) is 0.115. The van der Waals surface area contributed by atoms with E-state index in [2.05, 4.69) is 115 Å². The number of rotatable bonds is 10. The Bertz CT molecular complexity index is 2590. The van der Waals surface area contributed by atoms with Crippen LogP contribution in [-0.4, -0.2) is 35.5 Å². The zero-order valence-electron chi connectivity index (χ0n) is 32.6. The smallest absolute Gasteiger partial charge is 0.118 e. The van der Waals surface area contributed by atoms with E-state index in [-0.39, 0.29) is 0 Å². The first-order valence-electron chi connectivity index (χ1n) is 19.0. The van der Waals surface area contributed by atoms with Gasteiger partial charge in [-0.1, -0.05) is 91.0 Å². The molecule has 0 saturated carbocycles. The van der Waals surface area contributed by atoms with Gasteiger partial charge in [0, 0.05) is 0 Å². The van der Waals surface area contributed by atoms with Crippen molar-refractivity contribution in [2.24, 2.45) is 0 Å². The van der Waals surface area contributed by atoms with Gasteiger partial charge in [-0.3, -0.25) is 0 Å². The summed E-state index contributed by atoms with van der Waals surface area (Å²) in [7, 11) is 8.52. The standard InChI is InChI=1S/C52H42O5/c1-53-40-18-6-33(7-19-40)38-16-28-45-47(35-10-22-42(55-3)23-11-35)32-52(48(45)30-38)49-31-39(34-8-20-41(54-2)21-9-34)17-29-46(49)50(36-12-24-43(56-4)25-13-36)51(52)37-14-26-44(57-5)27-15-37/h6-32H,1-5H3. The van der Waals surface area contributed by atoms with Crippen molar-refractivity contribution in [1.82, 2.24) is 0 Å². The number of ether oxygens (including phenoxy) is 5. The third kappa shape index (κ3) is 6.03. The molecule has 1 unspecified atom stereocenters. The Morgan fingerprint density at radius 3 is 1.07 bits per heavy atom. The van der Waals surface area contributed by atoms with Crippen LogP contribution in [-0.2, 0) is 5.41 Å². The molecule has 57 heavy (non-hydrogen) atoms. The summed E-state index contributed by atoms with van der Waals surface area (Å²) in [6, 6.07) is 55.9. The molecule has 7 aromatic rings. The van der Waals surface area contributed by atoms with Gasteiger partial charge in [-0.05, 0) is 151 Å². The second-order valence-electron chi connectivity index (χ2n) is 14.3. The Kier molecular flexibility index (Phi) is 9.14. The highest BCUT2D eigenvalue weighted by molar-refractivity contribution is 6.13. The van der Waals surface area contributed by atoms with E-state index in [1.807, 2.05) is 48.5 Å². The van der Waals surface area contributed by atoms with Crippen LogP contribution < -0.4 is 23.7 Å². The van der Waals surface area contributed by atoms with Gasteiger partial charge in [0.25, 0.3) is 0 Å². The molecule has 9 rings (SSSR count). The first kappa shape index (κ1) is 35.7. The molecule has 0 bridgehead atoms. The number of methoxy groups -OCH3 is 5. The maximum atomic E-state index is 5.69. The maximum absolute atomic E-state index is 5.69. The van der Waals surface area contributed by atoms with E-state index in [0.717, 1.165) is 73.3 Å². The molecule has 5 heteroatoms. The molecule has 2 aliphatic rings. The monoisotopic (exact) mass is 746 g/mol. The van der Waals surface area contributed by atoms with Crippen LogP contribution in [0.4, 0.5) is 0 Å². The second-order valence-corrected chi connectivity index (χ2v) is 14.3. The number of benzene rings is 7. The van der Waals surface area contributed by atoms with Crippen LogP contribution in [0.1, 0.15) is 38.9 Å². The van der Waals surface area contributed by atoms with Crippen molar-refractivity contribution >= 4 is 16.7 Å². The van der Waals surface area contributed by atoms with Gasteiger partial charge >= 0.3 is 0 Å². The largest absolute Gasteiger partial charge is 0.497 e. The summed E-state index contributed by atoms with van der Waals surface area (Å²) in [5.41, 5.74) is 15.4. The van der Waals surface area contributed by atoms with Gasteiger partial charge in [0.05, 0.1) is 41.0 Å². The zero-order valence-corrected chi connectivity index (χ0v) is 32.6. The van der Waals surface area contributed by atoms with Gasteiger partial charge in [0.15, 0.2) is 0 Å². The third-order valence-electron chi connectivity index (χ3n) is 11.5. The van der Waals surface area contributed by atoms with Crippen LogP contribution in [0.5, 0.6) is 28.7 Å². The molecule has 0 radical (unpaired) electrons. The zero-order chi connectivity index (χ0) is 39.1. The van der Waals surface area contributed by atoms with Crippen LogP contribution in [0.3, 0.4) is 0 Å². The van der Waals surface area contributed by atoms with Crippen molar-refractivity contribution < 1.29 is 23.7 Å². The highest BCUT2D eigenvalue weighted by atomic mass is 16.5. The number of hydrogen-bond donors (Lipinski definition) is 0. The van der Waals surface area contributed by atoms with Crippen LogP contribution in [0.2, 0.25) is 0 Å². The average Bonchev–Trinajstić information content (AvgIpc) is 3.78. The van der Waals surface area contributed by atoms with Crippen LogP contribution >= 0.6 is 0 Å². The average molecular weight is 747 g/mol. The van der Waals surface area contributed by atoms with Crippen molar-refractivity contribution in [2.45, 2.75) is 5.41 Å². The summed E-state index contributed by atoms with van der Waals surface area (Å²) in [5.74, 6) is 4.08. The molecule has 2 aliphatic carbocycles. The molecule has 7 aromatic carbocycles. The Labute approximate surface area is 334 Å². The number of fused-ring (bicyclic) bond motifs is 4. The molecule has 0 N–H and O–H groups in total. The van der Waals surface area contributed by atoms with E-state index in [1.165, 1.54) is 33.4 Å². The van der Waals surface area contributed by atoms with Gasteiger partial charge in [-0.2, -0.15) is 0 Å². The predicted molar refractivity (Wildman–Crippen MR) is 230 cm³/mol. The highest BCUT2D eigenvalue weighted by Crippen LogP contribution is 2.63. The van der Waals surface area contributed by atoms with Crippen molar-refractivity contribution in [1.29, 1.82) is 0 Å². The van der Waals surface area contributed by atoms with Crippen LogP contribution in [0.15, 0.2) is 164 Å².